The predicted octanol–water partition coefficient (Wildman–Crippen LogP) is 1.56. The zero-order chi connectivity index (χ0) is 13.4. The number of fused-ring (bicyclic) bond motifs is 1. The van der Waals surface area contributed by atoms with Crippen LogP contribution >= 0.6 is 0 Å². The van der Waals surface area contributed by atoms with E-state index in [1.807, 2.05) is 19.9 Å². The first-order valence-corrected chi connectivity index (χ1v) is 6.63. The van der Waals surface area contributed by atoms with E-state index < -0.39 is 12.2 Å². The number of carbonyl (C=O) groups is 1. The van der Waals surface area contributed by atoms with E-state index in [1.165, 1.54) is 0 Å². The lowest BCUT2D eigenvalue weighted by Gasteiger charge is -2.37. The van der Waals surface area contributed by atoms with Crippen molar-refractivity contribution in [3.63, 3.8) is 0 Å². The van der Waals surface area contributed by atoms with Crippen LogP contribution in [0.1, 0.15) is 20.3 Å². The molecule has 0 aromatic carbocycles. The molecule has 0 aliphatic heterocycles. The summed E-state index contributed by atoms with van der Waals surface area (Å²) in [4.78, 5) is 11.4. The molecule has 0 unspecified atom stereocenters. The van der Waals surface area contributed by atoms with Gasteiger partial charge in [-0.15, -0.1) is 6.58 Å². The normalized spacial score (nSPS) is 47.3. The van der Waals surface area contributed by atoms with Crippen molar-refractivity contribution >= 4 is 6.29 Å². The van der Waals surface area contributed by atoms with Gasteiger partial charge >= 0.3 is 0 Å². The van der Waals surface area contributed by atoms with Crippen LogP contribution in [-0.4, -0.2) is 28.7 Å². The highest BCUT2D eigenvalue weighted by atomic mass is 16.3. The molecule has 0 bridgehead atoms. The Morgan fingerprint density at radius 2 is 2.06 bits per heavy atom. The van der Waals surface area contributed by atoms with Crippen molar-refractivity contribution in [3.05, 3.63) is 24.3 Å². The summed E-state index contributed by atoms with van der Waals surface area (Å²) in [6.07, 6.45) is 4.42. The molecule has 0 amide bonds. The van der Waals surface area contributed by atoms with E-state index in [4.69, 9.17) is 0 Å². The predicted molar refractivity (Wildman–Crippen MR) is 69.8 cm³/mol. The van der Waals surface area contributed by atoms with Crippen molar-refractivity contribution in [2.75, 3.05) is 0 Å². The molecule has 1 saturated carbocycles. The zero-order valence-electron chi connectivity index (χ0n) is 11.0. The molecular formula is C15H22O3. The Bertz CT molecular complexity index is 374. The molecule has 0 saturated heterocycles. The van der Waals surface area contributed by atoms with Crippen LogP contribution in [0.3, 0.4) is 0 Å². The molecule has 2 rings (SSSR count). The Balaban J connectivity index is 2.39. The van der Waals surface area contributed by atoms with Crippen molar-refractivity contribution in [1.82, 2.24) is 0 Å². The van der Waals surface area contributed by atoms with E-state index in [-0.39, 0.29) is 29.6 Å². The third-order valence-electron chi connectivity index (χ3n) is 4.84. The number of rotatable bonds is 3. The highest BCUT2D eigenvalue weighted by Crippen LogP contribution is 2.49. The lowest BCUT2D eigenvalue weighted by atomic mass is 9.67. The van der Waals surface area contributed by atoms with E-state index in [2.05, 4.69) is 12.7 Å². The molecule has 2 aliphatic rings. The van der Waals surface area contributed by atoms with Gasteiger partial charge in [0.25, 0.3) is 0 Å². The van der Waals surface area contributed by atoms with Gasteiger partial charge in [0.2, 0.25) is 0 Å². The second kappa shape index (κ2) is 4.98. The summed E-state index contributed by atoms with van der Waals surface area (Å²) >= 11 is 0. The minimum atomic E-state index is -0.600. The van der Waals surface area contributed by atoms with E-state index in [0.29, 0.717) is 0 Å². The quantitative estimate of drug-likeness (QED) is 0.590. The Hall–Kier alpha value is -0.930. The molecule has 0 heterocycles. The van der Waals surface area contributed by atoms with E-state index in [9.17, 15) is 15.0 Å². The SMILES string of the molecule is C=CC[C@@H]1C(C)=C[C@@H]2[C@H](O)[C@@H](C)[C@H](O)[C@H]2[C@@H]1C=O. The average Bonchev–Trinajstić information content (AvgIpc) is 2.56. The fraction of sp³-hybridized carbons (Fsp3) is 0.667. The van der Waals surface area contributed by atoms with Crippen LogP contribution in [0, 0.1) is 29.6 Å². The average molecular weight is 250 g/mol. The first-order valence-electron chi connectivity index (χ1n) is 6.63. The summed E-state index contributed by atoms with van der Waals surface area (Å²) in [7, 11) is 0. The summed E-state index contributed by atoms with van der Waals surface area (Å²) in [5.74, 6) is -0.512. The Kier molecular flexibility index (Phi) is 3.74. The third kappa shape index (κ3) is 1.86. The maximum atomic E-state index is 11.4. The fourth-order valence-corrected chi connectivity index (χ4v) is 3.76. The van der Waals surface area contributed by atoms with Crippen LogP contribution in [0.15, 0.2) is 24.3 Å². The van der Waals surface area contributed by atoms with Gasteiger partial charge in [-0.2, -0.15) is 0 Å². The first-order chi connectivity index (χ1) is 8.52. The van der Waals surface area contributed by atoms with Gasteiger partial charge in [0.05, 0.1) is 12.2 Å². The molecule has 0 aromatic rings. The Morgan fingerprint density at radius 1 is 1.39 bits per heavy atom. The van der Waals surface area contributed by atoms with Crippen LogP contribution in [-0.2, 0) is 4.79 Å². The van der Waals surface area contributed by atoms with Crippen molar-refractivity contribution in [2.45, 2.75) is 32.5 Å². The number of hydrogen-bond donors (Lipinski definition) is 2. The lowest BCUT2D eigenvalue weighted by Crippen LogP contribution is -2.38. The van der Waals surface area contributed by atoms with Gasteiger partial charge in [0, 0.05) is 23.7 Å². The van der Waals surface area contributed by atoms with Gasteiger partial charge in [0.15, 0.2) is 0 Å². The summed E-state index contributed by atoms with van der Waals surface area (Å²) in [5.41, 5.74) is 1.13. The highest BCUT2D eigenvalue weighted by Gasteiger charge is 2.52. The summed E-state index contributed by atoms with van der Waals surface area (Å²) < 4.78 is 0. The van der Waals surface area contributed by atoms with Crippen LogP contribution in [0.25, 0.3) is 0 Å². The van der Waals surface area contributed by atoms with Crippen LogP contribution in [0.4, 0.5) is 0 Å². The maximum absolute atomic E-state index is 11.4. The van der Waals surface area contributed by atoms with E-state index in [0.717, 1.165) is 18.3 Å². The highest BCUT2D eigenvalue weighted by molar-refractivity contribution is 5.57. The van der Waals surface area contributed by atoms with Crippen molar-refractivity contribution in [1.29, 1.82) is 0 Å². The van der Waals surface area contributed by atoms with E-state index >= 15 is 0 Å². The van der Waals surface area contributed by atoms with Gasteiger partial charge < -0.3 is 15.0 Å². The van der Waals surface area contributed by atoms with Crippen molar-refractivity contribution in [3.8, 4) is 0 Å². The van der Waals surface area contributed by atoms with Crippen LogP contribution in [0.2, 0.25) is 0 Å². The summed E-state index contributed by atoms with van der Waals surface area (Å²) in [5, 5.41) is 20.4. The Labute approximate surface area is 108 Å². The first kappa shape index (κ1) is 13.5. The lowest BCUT2D eigenvalue weighted by molar-refractivity contribution is -0.116. The molecular weight excluding hydrogens is 228 g/mol. The minimum absolute atomic E-state index is 0.0914. The summed E-state index contributed by atoms with van der Waals surface area (Å²) in [6, 6.07) is 0. The molecule has 2 aliphatic carbocycles. The maximum Gasteiger partial charge on any atom is 0.124 e. The molecule has 0 radical (unpaired) electrons. The largest absolute Gasteiger partial charge is 0.392 e. The molecule has 3 heteroatoms. The number of carbonyl (C=O) groups excluding carboxylic acids is 1. The van der Waals surface area contributed by atoms with Crippen molar-refractivity contribution < 1.29 is 15.0 Å². The third-order valence-corrected chi connectivity index (χ3v) is 4.84. The molecule has 2 N–H and O–H groups in total. The second-order valence-corrected chi connectivity index (χ2v) is 5.75. The number of hydrogen-bond acceptors (Lipinski definition) is 3. The molecule has 7 atom stereocenters. The fourth-order valence-electron chi connectivity index (χ4n) is 3.76. The van der Waals surface area contributed by atoms with Gasteiger partial charge in [-0.1, -0.05) is 24.6 Å². The van der Waals surface area contributed by atoms with Gasteiger partial charge in [0.1, 0.15) is 6.29 Å². The van der Waals surface area contributed by atoms with Gasteiger partial charge in [-0.3, -0.25) is 0 Å². The molecule has 100 valence electrons. The monoisotopic (exact) mass is 250 g/mol. The number of aldehydes is 1. The van der Waals surface area contributed by atoms with E-state index in [1.54, 1.807) is 0 Å². The van der Waals surface area contributed by atoms with Crippen LogP contribution in [0.5, 0.6) is 0 Å². The molecule has 0 aromatic heterocycles. The number of allylic oxidation sites excluding steroid dienone is 2. The zero-order valence-corrected chi connectivity index (χ0v) is 11.0. The molecule has 3 nitrogen and oxygen atoms in total. The second-order valence-electron chi connectivity index (χ2n) is 5.75. The number of aliphatic hydroxyl groups is 2. The molecule has 1 fully saturated rings. The smallest absolute Gasteiger partial charge is 0.124 e. The Morgan fingerprint density at radius 3 is 2.61 bits per heavy atom. The summed E-state index contributed by atoms with van der Waals surface area (Å²) in [6.45, 7) is 7.59. The molecule has 18 heavy (non-hydrogen) atoms. The van der Waals surface area contributed by atoms with Crippen molar-refractivity contribution in [2.24, 2.45) is 29.6 Å². The van der Waals surface area contributed by atoms with Gasteiger partial charge in [-0.25, -0.2) is 0 Å². The standard InChI is InChI=1S/C15H22O3/c1-4-5-10-8(2)6-11-13(12(10)7-16)15(18)9(3)14(11)17/h4,6-7,9-15,17-18H,1,5H2,2-3H3/t9-,10-,11+,12-,13-,14-,15+/m1/s1. The molecule has 0 spiro atoms. The van der Waals surface area contributed by atoms with Gasteiger partial charge in [-0.05, 0) is 19.3 Å². The topological polar surface area (TPSA) is 57.5 Å². The minimum Gasteiger partial charge on any atom is -0.392 e. The number of aliphatic hydroxyl groups excluding tert-OH is 2. The van der Waals surface area contributed by atoms with Crippen LogP contribution < -0.4 is 0 Å².